The van der Waals surface area contributed by atoms with Gasteiger partial charge in [0.05, 0.1) is 12.1 Å². The van der Waals surface area contributed by atoms with Crippen molar-refractivity contribution < 1.29 is 14.3 Å². The van der Waals surface area contributed by atoms with Crippen molar-refractivity contribution >= 4 is 34.7 Å². The highest BCUT2D eigenvalue weighted by atomic mass is 32.2. The third-order valence-corrected chi connectivity index (χ3v) is 10.1. The summed E-state index contributed by atoms with van der Waals surface area (Å²) in [6.07, 6.45) is 3.84. The van der Waals surface area contributed by atoms with E-state index in [0.29, 0.717) is 22.8 Å². The first-order chi connectivity index (χ1) is 16.6. The topological polar surface area (TPSA) is 80.4 Å². The van der Waals surface area contributed by atoms with Crippen LogP contribution in [-0.2, 0) is 4.79 Å². The van der Waals surface area contributed by atoms with E-state index >= 15 is 0 Å². The zero-order valence-electron chi connectivity index (χ0n) is 18.8. The van der Waals surface area contributed by atoms with Crippen molar-refractivity contribution in [3.05, 3.63) is 68.6 Å². The predicted octanol–water partition coefficient (Wildman–Crippen LogP) is 5.11. The normalized spacial score (nSPS) is 26.6. The number of carbonyl (C=O) groups is 1. The highest BCUT2D eigenvalue weighted by Crippen LogP contribution is 2.64. The van der Waals surface area contributed by atoms with Crippen LogP contribution in [0.15, 0.2) is 58.4 Å². The van der Waals surface area contributed by atoms with Gasteiger partial charge in [-0.1, -0.05) is 29.5 Å². The molecular formula is C26H26N2O4S2. The van der Waals surface area contributed by atoms with Crippen molar-refractivity contribution in [2.45, 2.75) is 35.5 Å². The first kappa shape index (κ1) is 21.8. The van der Waals surface area contributed by atoms with Crippen molar-refractivity contribution in [1.82, 2.24) is 4.98 Å². The third-order valence-electron chi connectivity index (χ3n) is 7.45. The molecule has 0 unspecified atom stereocenters. The third kappa shape index (κ3) is 3.82. The predicted molar refractivity (Wildman–Crippen MR) is 134 cm³/mol. The largest absolute Gasteiger partial charge is 0.497 e. The van der Waals surface area contributed by atoms with Crippen molar-refractivity contribution in [1.29, 1.82) is 0 Å². The number of methoxy groups -OCH3 is 1. The summed E-state index contributed by atoms with van der Waals surface area (Å²) >= 11 is 3.21. The minimum atomic E-state index is -0.219. The number of fused-ring (bicyclic) bond motifs is 6. The van der Waals surface area contributed by atoms with E-state index in [1.54, 1.807) is 31.4 Å². The fourth-order valence-corrected chi connectivity index (χ4v) is 8.97. The lowest BCUT2D eigenvalue weighted by Gasteiger charge is -2.40. The van der Waals surface area contributed by atoms with E-state index in [2.05, 4.69) is 16.4 Å². The summed E-state index contributed by atoms with van der Waals surface area (Å²) < 4.78 is 11.3. The SMILES string of the molecule is COc1ccc(NC(=O)COc2ccccc2[C@@H]2c3sc(=O)[nH]c3S[C@@H]3[C@H]4CC[C@@H](C4)[C@@H]23)cc1. The Labute approximate surface area is 206 Å². The monoisotopic (exact) mass is 494 g/mol. The molecule has 2 saturated carbocycles. The molecule has 0 spiro atoms. The zero-order valence-corrected chi connectivity index (χ0v) is 20.4. The number of aromatic amines is 1. The minimum absolute atomic E-state index is 0.00656. The number of rotatable bonds is 6. The molecule has 8 heteroatoms. The summed E-state index contributed by atoms with van der Waals surface area (Å²) in [5.74, 6) is 3.27. The van der Waals surface area contributed by atoms with E-state index in [0.717, 1.165) is 32.9 Å². The first-order valence-electron chi connectivity index (χ1n) is 11.7. The van der Waals surface area contributed by atoms with Crippen LogP contribution in [-0.4, -0.2) is 29.9 Å². The summed E-state index contributed by atoms with van der Waals surface area (Å²) in [6, 6.07) is 15.2. The molecule has 3 aliphatic rings. The lowest BCUT2D eigenvalue weighted by Crippen LogP contribution is -2.34. The van der Waals surface area contributed by atoms with Gasteiger partial charge in [-0.25, -0.2) is 0 Å². The lowest BCUT2D eigenvalue weighted by atomic mass is 9.74. The number of anilines is 1. The Hall–Kier alpha value is -2.71. The average Bonchev–Trinajstić information content (AvgIpc) is 3.56. The molecule has 5 atom stereocenters. The molecule has 2 fully saturated rings. The molecule has 6 rings (SSSR count). The standard InChI is InChI=1S/C26H26N2O4S2/c1-31-17-10-8-16(9-11-17)27-20(29)13-32-19-5-3-2-4-18(19)22-21-14-6-7-15(12-14)23(21)33-25-24(22)34-26(30)28-25/h2-5,8-11,14-15,21-23H,6-7,12-13H2,1H3,(H,27,29)(H,28,30)/t14-,15-,21-,22-,23+/m0/s1. The van der Waals surface area contributed by atoms with Crippen LogP contribution >= 0.6 is 23.1 Å². The molecule has 176 valence electrons. The quantitative estimate of drug-likeness (QED) is 0.498. The number of hydrogen-bond acceptors (Lipinski definition) is 6. The van der Waals surface area contributed by atoms with Crippen LogP contribution in [0.25, 0.3) is 0 Å². The molecule has 2 aromatic carbocycles. The van der Waals surface area contributed by atoms with Gasteiger partial charge in [0.1, 0.15) is 11.5 Å². The van der Waals surface area contributed by atoms with Crippen molar-refractivity contribution in [2.75, 3.05) is 19.0 Å². The van der Waals surface area contributed by atoms with E-state index in [4.69, 9.17) is 9.47 Å². The van der Waals surface area contributed by atoms with Gasteiger partial charge in [-0.3, -0.25) is 9.59 Å². The molecular weight excluding hydrogens is 468 g/mol. The number of H-pyrrole nitrogens is 1. The van der Waals surface area contributed by atoms with Crippen molar-refractivity contribution in [2.24, 2.45) is 17.8 Å². The molecule has 34 heavy (non-hydrogen) atoms. The van der Waals surface area contributed by atoms with Gasteiger partial charge in [-0.05, 0) is 67.3 Å². The van der Waals surface area contributed by atoms with Gasteiger partial charge in [-0.15, -0.1) is 11.8 Å². The van der Waals surface area contributed by atoms with Gasteiger partial charge >= 0.3 is 4.87 Å². The number of aromatic nitrogens is 1. The van der Waals surface area contributed by atoms with E-state index in [1.165, 1.54) is 30.6 Å². The molecule has 2 heterocycles. The zero-order chi connectivity index (χ0) is 23.2. The van der Waals surface area contributed by atoms with Gasteiger partial charge in [0.15, 0.2) is 6.61 Å². The number of para-hydroxylation sites is 1. The number of benzene rings is 2. The molecule has 3 aromatic rings. The maximum atomic E-state index is 12.6. The van der Waals surface area contributed by atoms with Gasteiger partial charge in [0.25, 0.3) is 5.91 Å². The number of ether oxygens (including phenoxy) is 2. The average molecular weight is 495 g/mol. The molecule has 1 amide bonds. The molecule has 2 bridgehead atoms. The molecule has 2 aliphatic carbocycles. The summed E-state index contributed by atoms with van der Waals surface area (Å²) in [5.41, 5.74) is 1.78. The Balaban J connectivity index is 1.25. The molecule has 2 N–H and O–H groups in total. The van der Waals surface area contributed by atoms with Crippen LogP contribution in [0.1, 0.15) is 35.6 Å². The maximum absolute atomic E-state index is 12.6. The first-order valence-corrected chi connectivity index (χ1v) is 13.4. The Morgan fingerprint density at radius 2 is 1.91 bits per heavy atom. The number of thiazole rings is 1. The van der Waals surface area contributed by atoms with Crippen LogP contribution in [0.5, 0.6) is 11.5 Å². The summed E-state index contributed by atoms with van der Waals surface area (Å²) in [5, 5.41) is 4.44. The molecule has 1 aromatic heterocycles. The molecule has 0 radical (unpaired) electrons. The Morgan fingerprint density at radius 3 is 2.74 bits per heavy atom. The van der Waals surface area contributed by atoms with Crippen molar-refractivity contribution in [3.8, 4) is 11.5 Å². The van der Waals surface area contributed by atoms with Gasteiger partial charge in [0, 0.05) is 27.3 Å². The van der Waals surface area contributed by atoms with Crippen LogP contribution in [0.3, 0.4) is 0 Å². The van der Waals surface area contributed by atoms with Crippen LogP contribution in [0, 0.1) is 17.8 Å². The van der Waals surface area contributed by atoms with Crippen LogP contribution in [0.2, 0.25) is 0 Å². The Bertz CT molecular complexity index is 1270. The van der Waals surface area contributed by atoms with Gasteiger partial charge in [0.2, 0.25) is 0 Å². The Kier molecular flexibility index (Phi) is 5.65. The number of amides is 1. The number of carbonyl (C=O) groups excluding carboxylic acids is 1. The smallest absolute Gasteiger partial charge is 0.305 e. The highest BCUT2D eigenvalue weighted by molar-refractivity contribution is 8.00. The van der Waals surface area contributed by atoms with Gasteiger partial charge in [-0.2, -0.15) is 0 Å². The number of thioether (sulfide) groups is 1. The van der Waals surface area contributed by atoms with Crippen molar-refractivity contribution in [3.63, 3.8) is 0 Å². The number of hydrogen-bond donors (Lipinski definition) is 2. The van der Waals surface area contributed by atoms with E-state index < -0.39 is 0 Å². The highest BCUT2D eigenvalue weighted by Gasteiger charge is 2.55. The second-order valence-corrected chi connectivity index (χ2v) is 11.5. The summed E-state index contributed by atoms with van der Waals surface area (Å²) in [4.78, 5) is 29.1. The molecule has 0 saturated heterocycles. The summed E-state index contributed by atoms with van der Waals surface area (Å²) in [6.45, 7) is -0.0825. The fourth-order valence-electron chi connectivity index (χ4n) is 6.08. The van der Waals surface area contributed by atoms with E-state index in [1.807, 2.05) is 30.0 Å². The van der Waals surface area contributed by atoms with Gasteiger partial charge < -0.3 is 19.8 Å². The maximum Gasteiger partial charge on any atom is 0.305 e. The second-order valence-electron chi connectivity index (χ2n) is 9.28. The van der Waals surface area contributed by atoms with Crippen LogP contribution < -0.4 is 19.7 Å². The van der Waals surface area contributed by atoms with E-state index in [-0.39, 0.29) is 23.3 Å². The fraction of sp³-hybridized carbons (Fsp3) is 0.385. The lowest BCUT2D eigenvalue weighted by molar-refractivity contribution is -0.118. The molecule has 6 nitrogen and oxygen atoms in total. The minimum Gasteiger partial charge on any atom is -0.497 e. The molecule has 1 aliphatic heterocycles. The number of nitrogens with one attached hydrogen (secondary N) is 2. The Morgan fingerprint density at radius 1 is 1.12 bits per heavy atom. The second kappa shape index (κ2) is 8.82. The van der Waals surface area contributed by atoms with E-state index in [9.17, 15) is 9.59 Å². The summed E-state index contributed by atoms with van der Waals surface area (Å²) in [7, 11) is 1.61. The van der Waals surface area contributed by atoms with Crippen LogP contribution in [0.4, 0.5) is 5.69 Å².